The maximum Gasteiger partial charge on any atom is 0.262 e. The summed E-state index contributed by atoms with van der Waals surface area (Å²) in [6.45, 7) is -0.0372. The predicted molar refractivity (Wildman–Crippen MR) is 86.7 cm³/mol. The van der Waals surface area contributed by atoms with Crippen molar-refractivity contribution in [2.45, 2.75) is 11.5 Å². The first kappa shape index (κ1) is 14.1. The Morgan fingerprint density at radius 3 is 3.17 bits per heavy atom. The minimum atomic E-state index is -0.226. The third-order valence-electron chi connectivity index (χ3n) is 3.82. The van der Waals surface area contributed by atoms with Crippen molar-refractivity contribution in [3.8, 4) is 5.75 Å². The molecule has 0 saturated carbocycles. The molecule has 23 heavy (non-hydrogen) atoms. The summed E-state index contributed by atoms with van der Waals surface area (Å²) in [5, 5.41) is 10.1. The molecule has 0 fully saturated rings. The van der Waals surface area contributed by atoms with Crippen LogP contribution >= 0.6 is 11.8 Å². The summed E-state index contributed by atoms with van der Waals surface area (Å²) in [5.74, 6) is 2.56. The largest absolute Gasteiger partial charge is 0.482 e. The van der Waals surface area contributed by atoms with Crippen molar-refractivity contribution in [1.29, 1.82) is 0 Å². The highest BCUT2D eigenvalue weighted by atomic mass is 32.2. The van der Waals surface area contributed by atoms with Crippen LogP contribution in [0.15, 0.2) is 18.2 Å². The molecular formula is C15H14N4O3S. The molecule has 2 N–H and O–H groups in total. The highest BCUT2D eigenvalue weighted by Gasteiger charge is 2.23. The molecule has 0 saturated heterocycles. The highest BCUT2D eigenvalue weighted by molar-refractivity contribution is 7.98. The summed E-state index contributed by atoms with van der Waals surface area (Å²) < 4.78 is 7.05. The molecule has 7 nitrogen and oxygen atoms in total. The van der Waals surface area contributed by atoms with E-state index in [0.717, 1.165) is 28.6 Å². The fourth-order valence-corrected chi connectivity index (χ4v) is 3.73. The zero-order valence-electron chi connectivity index (χ0n) is 12.4. The number of hydrogen-bond acceptors (Lipinski definition) is 5. The van der Waals surface area contributed by atoms with Crippen molar-refractivity contribution in [3.05, 3.63) is 35.0 Å². The number of rotatable bonds is 2. The van der Waals surface area contributed by atoms with Gasteiger partial charge in [-0.2, -0.15) is 16.9 Å². The summed E-state index contributed by atoms with van der Waals surface area (Å²) in [6, 6.07) is 4.97. The fraction of sp³-hybridized carbons (Fsp3) is 0.267. The van der Waals surface area contributed by atoms with E-state index in [9.17, 15) is 9.59 Å². The Kier molecular flexibility index (Phi) is 3.26. The van der Waals surface area contributed by atoms with Crippen LogP contribution in [-0.4, -0.2) is 28.2 Å². The number of thioether (sulfide) groups is 1. The van der Waals surface area contributed by atoms with Gasteiger partial charge in [0.2, 0.25) is 0 Å². The van der Waals surface area contributed by atoms with E-state index in [1.54, 1.807) is 34.6 Å². The van der Waals surface area contributed by atoms with Crippen molar-refractivity contribution in [2.24, 2.45) is 7.05 Å². The zero-order chi connectivity index (χ0) is 16.0. The average molecular weight is 330 g/mol. The van der Waals surface area contributed by atoms with E-state index in [4.69, 9.17) is 4.74 Å². The molecule has 2 amide bonds. The molecule has 2 aromatic rings. The zero-order valence-corrected chi connectivity index (χ0v) is 13.2. The molecule has 0 radical (unpaired) electrons. The number of nitrogens with zero attached hydrogens (tertiary/aromatic N) is 2. The van der Waals surface area contributed by atoms with Gasteiger partial charge in [-0.1, -0.05) is 0 Å². The summed E-state index contributed by atoms with van der Waals surface area (Å²) in [7, 11) is 1.82. The number of carbonyl (C=O) groups excluding carboxylic acids is 2. The van der Waals surface area contributed by atoms with E-state index in [1.165, 1.54) is 0 Å². The lowest BCUT2D eigenvalue weighted by Crippen LogP contribution is -2.25. The Morgan fingerprint density at radius 2 is 2.30 bits per heavy atom. The molecule has 2 aliphatic rings. The van der Waals surface area contributed by atoms with Crippen molar-refractivity contribution >= 4 is 35.1 Å². The number of nitrogens with one attached hydrogen (secondary N) is 2. The maximum absolute atomic E-state index is 12.5. The van der Waals surface area contributed by atoms with Crippen LogP contribution in [0.2, 0.25) is 0 Å². The Labute approximate surface area is 136 Å². The van der Waals surface area contributed by atoms with E-state index in [0.29, 0.717) is 17.0 Å². The molecule has 0 bridgehead atoms. The first-order chi connectivity index (χ1) is 11.1. The standard InChI is InChI=1S/C15H14N4O3S/c1-19-14(9-6-23-7-11(9)18-19)17-15(21)8-2-3-10-12(4-8)22-5-13(20)16-10/h2-4H,5-7H2,1H3,(H,16,20)(H,17,21). The fourth-order valence-electron chi connectivity index (χ4n) is 2.69. The monoisotopic (exact) mass is 330 g/mol. The average Bonchev–Trinajstić information content (AvgIpc) is 3.09. The molecule has 2 aliphatic heterocycles. The number of benzene rings is 1. The van der Waals surface area contributed by atoms with Gasteiger partial charge in [-0.25, -0.2) is 0 Å². The van der Waals surface area contributed by atoms with Gasteiger partial charge in [-0.3, -0.25) is 14.3 Å². The molecule has 0 aliphatic carbocycles. The number of carbonyl (C=O) groups is 2. The van der Waals surface area contributed by atoms with Gasteiger partial charge in [0.05, 0.1) is 11.4 Å². The molecule has 1 aromatic carbocycles. The van der Waals surface area contributed by atoms with Crippen LogP contribution in [0.1, 0.15) is 21.6 Å². The molecule has 118 valence electrons. The number of amides is 2. The van der Waals surface area contributed by atoms with Gasteiger partial charge < -0.3 is 15.4 Å². The van der Waals surface area contributed by atoms with Crippen LogP contribution in [0.3, 0.4) is 0 Å². The first-order valence-corrected chi connectivity index (χ1v) is 8.28. The van der Waals surface area contributed by atoms with Crippen molar-refractivity contribution in [1.82, 2.24) is 9.78 Å². The highest BCUT2D eigenvalue weighted by Crippen LogP contribution is 2.34. The molecule has 8 heteroatoms. The third-order valence-corrected chi connectivity index (χ3v) is 4.79. The van der Waals surface area contributed by atoms with Gasteiger partial charge in [0, 0.05) is 29.7 Å². The predicted octanol–water partition coefficient (Wildman–Crippen LogP) is 1.75. The van der Waals surface area contributed by atoms with Gasteiger partial charge >= 0.3 is 0 Å². The van der Waals surface area contributed by atoms with Gasteiger partial charge in [-0.15, -0.1) is 0 Å². The number of aromatic nitrogens is 2. The third kappa shape index (κ3) is 2.44. The summed E-state index contributed by atoms with van der Waals surface area (Å²) in [5.41, 5.74) is 3.17. The van der Waals surface area contributed by atoms with E-state index in [2.05, 4.69) is 15.7 Å². The minimum absolute atomic E-state index is 0.0372. The van der Waals surface area contributed by atoms with E-state index >= 15 is 0 Å². The molecule has 0 unspecified atom stereocenters. The normalized spacial score (nSPS) is 15.4. The van der Waals surface area contributed by atoms with E-state index < -0.39 is 0 Å². The summed E-state index contributed by atoms with van der Waals surface area (Å²) in [4.78, 5) is 23.8. The van der Waals surface area contributed by atoms with Gasteiger partial charge in [-0.05, 0) is 18.2 Å². The summed E-state index contributed by atoms with van der Waals surface area (Å²) in [6.07, 6.45) is 0. The molecule has 1 aromatic heterocycles. The maximum atomic E-state index is 12.5. The Balaban J connectivity index is 1.59. The van der Waals surface area contributed by atoms with Crippen LogP contribution in [0, 0.1) is 0 Å². The van der Waals surface area contributed by atoms with Gasteiger partial charge in [0.15, 0.2) is 6.61 Å². The van der Waals surface area contributed by atoms with Crippen LogP contribution in [0.4, 0.5) is 11.5 Å². The molecule has 0 atom stereocenters. The molecule has 3 heterocycles. The van der Waals surface area contributed by atoms with Crippen LogP contribution < -0.4 is 15.4 Å². The smallest absolute Gasteiger partial charge is 0.262 e. The van der Waals surface area contributed by atoms with Gasteiger partial charge in [0.1, 0.15) is 11.6 Å². The SMILES string of the molecule is Cn1nc2c(c1NC(=O)c1ccc3c(c1)OCC(=O)N3)CSC2. The van der Waals surface area contributed by atoms with Crippen molar-refractivity contribution < 1.29 is 14.3 Å². The lowest BCUT2D eigenvalue weighted by molar-refractivity contribution is -0.118. The second-order valence-corrected chi connectivity index (χ2v) is 6.38. The Bertz CT molecular complexity index is 830. The Hall–Kier alpha value is -2.48. The summed E-state index contributed by atoms with van der Waals surface area (Å²) >= 11 is 1.79. The first-order valence-electron chi connectivity index (χ1n) is 7.12. The van der Waals surface area contributed by atoms with Crippen molar-refractivity contribution in [2.75, 3.05) is 17.2 Å². The van der Waals surface area contributed by atoms with Crippen molar-refractivity contribution in [3.63, 3.8) is 0 Å². The molecule has 4 rings (SSSR count). The van der Waals surface area contributed by atoms with E-state index in [1.807, 2.05) is 7.05 Å². The number of hydrogen-bond donors (Lipinski definition) is 2. The van der Waals surface area contributed by atoms with E-state index in [-0.39, 0.29) is 18.4 Å². The number of ether oxygens (including phenoxy) is 1. The second-order valence-electron chi connectivity index (χ2n) is 5.39. The van der Waals surface area contributed by atoms with Gasteiger partial charge in [0.25, 0.3) is 11.8 Å². The van der Waals surface area contributed by atoms with Crippen LogP contribution in [-0.2, 0) is 23.3 Å². The quantitative estimate of drug-likeness (QED) is 0.876. The van der Waals surface area contributed by atoms with Crippen LogP contribution in [0.5, 0.6) is 5.75 Å². The topological polar surface area (TPSA) is 85.2 Å². The molecule has 0 spiro atoms. The molecular weight excluding hydrogens is 316 g/mol. The lowest BCUT2D eigenvalue weighted by Gasteiger charge is -2.18. The number of fused-ring (bicyclic) bond motifs is 2. The second kappa shape index (κ2) is 5.31. The number of anilines is 2. The minimum Gasteiger partial charge on any atom is -0.482 e. The number of aryl methyl sites for hydroxylation is 1. The Morgan fingerprint density at radius 1 is 1.43 bits per heavy atom. The van der Waals surface area contributed by atoms with Crippen LogP contribution in [0.25, 0.3) is 0 Å². The lowest BCUT2D eigenvalue weighted by atomic mass is 10.1.